The fourth-order valence-corrected chi connectivity index (χ4v) is 9.17. The predicted molar refractivity (Wildman–Crippen MR) is 156 cm³/mol. The second-order valence-electron chi connectivity index (χ2n) is 13.4. The molecule has 5 rings (SSSR count). The molecule has 4 aliphatic rings. The first kappa shape index (κ1) is 28.0. The van der Waals surface area contributed by atoms with Gasteiger partial charge in [0.15, 0.2) is 0 Å². The Bertz CT molecular complexity index is 1140. The Morgan fingerprint density at radius 3 is 2.66 bits per heavy atom. The van der Waals surface area contributed by atoms with Gasteiger partial charge in [-0.05, 0) is 91.6 Å². The quantitative estimate of drug-likeness (QED) is 0.334. The van der Waals surface area contributed by atoms with Crippen molar-refractivity contribution in [3.63, 3.8) is 0 Å². The van der Waals surface area contributed by atoms with Crippen molar-refractivity contribution in [3.05, 3.63) is 63.7 Å². The van der Waals surface area contributed by atoms with Gasteiger partial charge in [0, 0.05) is 17.5 Å². The molecule has 0 aliphatic heterocycles. The lowest BCUT2D eigenvalue weighted by Gasteiger charge is -2.47. The zero-order valence-corrected chi connectivity index (χ0v) is 24.6. The Morgan fingerprint density at radius 2 is 1.97 bits per heavy atom. The molecule has 0 spiro atoms. The molecule has 0 unspecified atom stereocenters. The Kier molecular flexibility index (Phi) is 7.71. The van der Waals surface area contributed by atoms with E-state index in [0.29, 0.717) is 24.7 Å². The van der Waals surface area contributed by atoms with Crippen LogP contribution in [0.15, 0.2) is 53.8 Å². The van der Waals surface area contributed by atoms with Crippen LogP contribution in [0, 0.1) is 22.7 Å². The standard InChI is InChI=1S/C33H47NO3S/c1-6-25-20-34-30(38-25)33(16-17-33)29(37)13-15-31(3,4)28-12-11-26-22(8-7-14-32(26,28)5)9-10-23-18-24(35)19-27(36)21(23)2/h9-10,13,15,20,24,26-29,35-37H,2,6-8,11-12,14,16-19H2,1,3-5H3/t24-,26+,27+,28-,29-,32+/m1/s1. The monoisotopic (exact) mass is 537 g/mol. The first-order valence-corrected chi connectivity index (χ1v) is 15.6. The van der Waals surface area contributed by atoms with Crippen LogP contribution >= 0.6 is 11.3 Å². The summed E-state index contributed by atoms with van der Waals surface area (Å²) >= 11 is 1.77. The van der Waals surface area contributed by atoms with Gasteiger partial charge < -0.3 is 15.3 Å². The van der Waals surface area contributed by atoms with Gasteiger partial charge in [-0.1, -0.05) is 64.2 Å². The van der Waals surface area contributed by atoms with E-state index >= 15 is 0 Å². The molecule has 1 heterocycles. The smallest absolute Gasteiger partial charge is 0.102 e. The fraction of sp³-hybridized carbons (Fsp3) is 0.667. The van der Waals surface area contributed by atoms with E-state index in [-0.39, 0.29) is 16.2 Å². The van der Waals surface area contributed by atoms with Crippen molar-refractivity contribution in [2.24, 2.45) is 22.7 Å². The molecule has 0 aromatic carbocycles. The summed E-state index contributed by atoms with van der Waals surface area (Å²) in [7, 11) is 0. The molecule has 1 aromatic rings. The molecular formula is C33H47NO3S. The molecule has 0 saturated heterocycles. The summed E-state index contributed by atoms with van der Waals surface area (Å²) in [5, 5.41) is 32.8. The maximum absolute atomic E-state index is 11.3. The Labute approximate surface area is 233 Å². The maximum atomic E-state index is 11.3. The minimum Gasteiger partial charge on any atom is -0.393 e. The molecule has 208 valence electrons. The Balaban J connectivity index is 1.32. The molecule has 4 fully saturated rings. The third-order valence-electron chi connectivity index (χ3n) is 10.5. The summed E-state index contributed by atoms with van der Waals surface area (Å²) in [5.74, 6) is 1.11. The van der Waals surface area contributed by atoms with Gasteiger partial charge >= 0.3 is 0 Å². The summed E-state index contributed by atoms with van der Waals surface area (Å²) in [6.07, 6.45) is 19.1. The van der Waals surface area contributed by atoms with Crippen molar-refractivity contribution < 1.29 is 15.3 Å². The molecular weight excluding hydrogens is 490 g/mol. The molecule has 5 heteroatoms. The summed E-state index contributed by atoms with van der Waals surface area (Å²) in [6, 6.07) is 0. The lowest BCUT2D eigenvalue weighted by atomic mass is 9.57. The van der Waals surface area contributed by atoms with Crippen molar-refractivity contribution >= 4 is 11.3 Å². The van der Waals surface area contributed by atoms with Gasteiger partial charge in [-0.15, -0.1) is 11.3 Å². The number of thiazole rings is 1. The van der Waals surface area contributed by atoms with Crippen LogP contribution in [-0.4, -0.2) is 38.6 Å². The number of fused-ring (bicyclic) bond motifs is 1. The van der Waals surface area contributed by atoms with Gasteiger partial charge in [0.2, 0.25) is 0 Å². The zero-order chi connectivity index (χ0) is 27.3. The van der Waals surface area contributed by atoms with Crippen molar-refractivity contribution in [1.82, 2.24) is 4.98 Å². The summed E-state index contributed by atoms with van der Waals surface area (Å²) in [5.41, 5.74) is 3.31. The summed E-state index contributed by atoms with van der Waals surface area (Å²) < 4.78 is 0. The minimum absolute atomic E-state index is 0.00912. The maximum Gasteiger partial charge on any atom is 0.102 e. The first-order valence-electron chi connectivity index (χ1n) is 14.8. The van der Waals surface area contributed by atoms with Crippen LogP contribution in [0.25, 0.3) is 0 Å². The van der Waals surface area contributed by atoms with Crippen LogP contribution in [0.4, 0.5) is 0 Å². The third-order valence-corrected chi connectivity index (χ3v) is 11.9. The minimum atomic E-state index is -0.641. The van der Waals surface area contributed by atoms with E-state index < -0.39 is 18.3 Å². The zero-order valence-electron chi connectivity index (χ0n) is 23.7. The van der Waals surface area contributed by atoms with Crippen molar-refractivity contribution in [2.75, 3.05) is 0 Å². The van der Waals surface area contributed by atoms with Gasteiger partial charge in [-0.25, -0.2) is 4.98 Å². The molecule has 0 bridgehead atoms. The van der Waals surface area contributed by atoms with E-state index in [4.69, 9.17) is 0 Å². The third kappa shape index (κ3) is 5.05. The molecule has 1 aromatic heterocycles. The lowest BCUT2D eigenvalue weighted by Crippen LogP contribution is -2.39. The summed E-state index contributed by atoms with van der Waals surface area (Å²) in [6.45, 7) is 13.5. The van der Waals surface area contributed by atoms with Crippen molar-refractivity contribution in [2.45, 2.75) is 116 Å². The van der Waals surface area contributed by atoms with Crippen LogP contribution in [0.3, 0.4) is 0 Å². The van der Waals surface area contributed by atoms with E-state index in [0.717, 1.165) is 41.8 Å². The Hall–Kier alpha value is -1.53. The molecule has 4 saturated carbocycles. The molecule has 6 atom stereocenters. The number of nitrogens with zero attached hydrogens (tertiary/aromatic N) is 1. The predicted octanol–water partition coefficient (Wildman–Crippen LogP) is 6.82. The number of aromatic nitrogens is 1. The molecule has 0 amide bonds. The van der Waals surface area contributed by atoms with Crippen LogP contribution < -0.4 is 0 Å². The van der Waals surface area contributed by atoms with E-state index in [2.05, 4.69) is 63.6 Å². The molecule has 0 radical (unpaired) electrons. The van der Waals surface area contributed by atoms with E-state index in [1.165, 1.54) is 36.1 Å². The summed E-state index contributed by atoms with van der Waals surface area (Å²) in [4.78, 5) is 5.98. The highest BCUT2D eigenvalue weighted by molar-refractivity contribution is 7.11. The van der Waals surface area contributed by atoms with Crippen LogP contribution in [-0.2, 0) is 11.8 Å². The topological polar surface area (TPSA) is 73.6 Å². The van der Waals surface area contributed by atoms with Crippen LogP contribution in [0.5, 0.6) is 0 Å². The van der Waals surface area contributed by atoms with Crippen LogP contribution in [0.2, 0.25) is 0 Å². The number of aliphatic hydroxyl groups excluding tert-OH is 3. The highest BCUT2D eigenvalue weighted by Gasteiger charge is 2.54. The van der Waals surface area contributed by atoms with Gasteiger partial charge in [0.25, 0.3) is 0 Å². The van der Waals surface area contributed by atoms with Gasteiger partial charge in [-0.2, -0.15) is 0 Å². The average molecular weight is 538 g/mol. The molecule has 38 heavy (non-hydrogen) atoms. The number of allylic oxidation sites excluding steroid dienone is 4. The van der Waals surface area contributed by atoms with E-state index in [9.17, 15) is 15.3 Å². The number of aliphatic hydroxyl groups is 3. The molecule has 3 N–H and O–H groups in total. The highest BCUT2D eigenvalue weighted by Crippen LogP contribution is 2.62. The van der Waals surface area contributed by atoms with E-state index in [1.54, 1.807) is 11.3 Å². The number of hydrogen-bond acceptors (Lipinski definition) is 5. The molecule has 4 aliphatic carbocycles. The highest BCUT2D eigenvalue weighted by atomic mass is 32.1. The van der Waals surface area contributed by atoms with Crippen LogP contribution in [0.1, 0.15) is 95.4 Å². The number of aryl methyl sites for hydroxylation is 1. The Morgan fingerprint density at radius 1 is 1.21 bits per heavy atom. The second kappa shape index (κ2) is 10.5. The lowest BCUT2D eigenvalue weighted by molar-refractivity contribution is 0.0706. The molecule has 4 nitrogen and oxygen atoms in total. The second-order valence-corrected chi connectivity index (χ2v) is 14.5. The first-order chi connectivity index (χ1) is 18.0. The van der Waals surface area contributed by atoms with Crippen molar-refractivity contribution in [1.29, 1.82) is 0 Å². The normalized spacial score (nSPS) is 36.2. The average Bonchev–Trinajstić information content (AvgIpc) is 3.38. The van der Waals surface area contributed by atoms with Gasteiger partial charge in [0.1, 0.15) is 5.01 Å². The SMILES string of the molecule is C=C1C(=CC=C2CCC[C@]3(C)[C@@H](C(C)(C)C=C[C@@H](O)C4(c5ncc(CC)s5)CC4)CC[C@@H]23)C[C@@H](O)C[C@@H]1O. The van der Waals surface area contributed by atoms with Gasteiger partial charge in [0.05, 0.1) is 23.7 Å². The largest absolute Gasteiger partial charge is 0.393 e. The number of rotatable bonds is 7. The van der Waals surface area contributed by atoms with Crippen molar-refractivity contribution in [3.8, 4) is 0 Å². The van der Waals surface area contributed by atoms with Gasteiger partial charge in [-0.3, -0.25) is 0 Å². The number of hydrogen-bond donors (Lipinski definition) is 3. The van der Waals surface area contributed by atoms with E-state index in [1.807, 2.05) is 6.20 Å². The fourth-order valence-electron chi connectivity index (χ4n) is 8.04.